The number of nitrogens with zero attached hydrogens (tertiary/aromatic N) is 1. The normalized spacial score (nSPS) is 19.6. The Balaban J connectivity index is 2.32. The molecule has 1 aromatic rings. The molecule has 0 radical (unpaired) electrons. The summed E-state index contributed by atoms with van der Waals surface area (Å²) >= 11 is 5.70. The van der Waals surface area contributed by atoms with Crippen molar-refractivity contribution in [2.24, 2.45) is 0 Å². The van der Waals surface area contributed by atoms with E-state index in [-0.39, 0.29) is 22.5 Å². The number of halogens is 1. The van der Waals surface area contributed by atoms with Crippen LogP contribution in [-0.2, 0) is 4.79 Å². The molecular weight excluding hydrogens is 232 g/mol. The molecule has 1 heterocycles. The number of hydrogen-bond donors (Lipinski definition) is 1. The topological polar surface area (TPSA) is 72.2 Å². The van der Waals surface area contributed by atoms with Crippen LogP contribution in [0.3, 0.4) is 0 Å². The largest absolute Gasteiger partial charge is 0.355 e. The number of nitro benzene ring substituents is 1. The first kappa shape index (κ1) is 10.9. The van der Waals surface area contributed by atoms with Crippen molar-refractivity contribution in [2.75, 3.05) is 6.54 Å². The van der Waals surface area contributed by atoms with Gasteiger partial charge in [0, 0.05) is 24.9 Å². The molecular formula is C10H9ClN2O3. The van der Waals surface area contributed by atoms with Crippen LogP contribution < -0.4 is 5.32 Å². The molecule has 1 aliphatic rings. The maximum atomic E-state index is 11.0. The third-order valence-corrected chi connectivity index (χ3v) is 2.94. The second kappa shape index (κ2) is 4.09. The zero-order valence-corrected chi connectivity index (χ0v) is 9.03. The summed E-state index contributed by atoms with van der Waals surface area (Å²) in [6.45, 7) is 0.525. The minimum atomic E-state index is -0.518. The third-order valence-electron chi connectivity index (χ3n) is 2.62. The van der Waals surface area contributed by atoms with Crippen molar-refractivity contribution in [1.82, 2.24) is 5.32 Å². The van der Waals surface area contributed by atoms with Crippen molar-refractivity contribution in [3.63, 3.8) is 0 Å². The first-order chi connectivity index (χ1) is 7.58. The van der Waals surface area contributed by atoms with Crippen molar-refractivity contribution in [3.05, 3.63) is 38.9 Å². The third kappa shape index (κ3) is 1.99. The molecule has 0 bridgehead atoms. The number of carbonyl (C=O) groups is 1. The summed E-state index contributed by atoms with van der Waals surface area (Å²) in [5.41, 5.74) is 0.660. The van der Waals surface area contributed by atoms with Crippen LogP contribution in [0.4, 0.5) is 5.69 Å². The van der Waals surface area contributed by atoms with E-state index in [1.54, 1.807) is 6.07 Å². The lowest BCUT2D eigenvalue weighted by Gasteiger charge is -2.07. The molecule has 84 valence electrons. The smallest absolute Gasteiger partial charge is 0.288 e. The summed E-state index contributed by atoms with van der Waals surface area (Å²) in [6.07, 6.45) is 0.374. The van der Waals surface area contributed by atoms with Gasteiger partial charge in [0.05, 0.1) is 4.92 Å². The van der Waals surface area contributed by atoms with Crippen molar-refractivity contribution in [1.29, 1.82) is 0 Å². The molecule has 5 nitrogen and oxygen atoms in total. The van der Waals surface area contributed by atoms with E-state index < -0.39 is 4.92 Å². The average molecular weight is 241 g/mol. The number of benzene rings is 1. The van der Waals surface area contributed by atoms with Crippen molar-refractivity contribution in [3.8, 4) is 0 Å². The molecule has 16 heavy (non-hydrogen) atoms. The van der Waals surface area contributed by atoms with Gasteiger partial charge in [-0.1, -0.05) is 17.7 Å². The van der Waals surface area contributed by atoms with Crippen LogP contribution in [0.2, 0.25) is 5.02 Å². The fourth-order valence-corrected chi connectivity index (χ4v) is 1.95. The van der Waals surface area contributed by atoms with Gasteiger partial charge < -0.3 is 5.32 Å². The van der Waals surface area contributed by atoms with Gasteiger partial charge >= 0.3 is 0 Å². The predicted molar refractivity (Wildman–Crippen MR) is 58.5 cm³/mol. The molecule has 1 atom stereocenters. The SMILES string of the molecule is O=C1CC(c2ccc(Cl)c([N+](=O)[O-])c2)CN1. The molecule has 0 saturated carbocycles. The molecule has 1 N–H and O–H groups in total. The highest BCUT2D eigenvalue weighted by Crippen LogP contribution is 2.30. The van der Waals surface area contributed by atoms with E-state index >= 15 is 0 Å². The van der Waals surface area contributed by atoms with Crippen LogP contribution in [0.1, 0.15) is 17.9 Å². The Bertz CT molecular complexity index is 461. The summed E-state index contributed by atoms with van der Waals surface area (Å²) < 4.78 is 0. The quantitative estimate of drug-likeness (QED) is 0.633. The monoisotopic (exact) mass is 240 g/mol. The second-order valence-electron chi connectivity index (χ2n) is 3.67. The lowest BCUT2D eigenvalue weighted by Crippen LogP contribution is -2.13. The van der Waals surface area contributed by atoms with E-state index in [4.69, 9.17) is 11.6 Å². The highest BCUT2D eigenvalue weighted by Gasteiger charge is 2.25. The summed E-state index contributed by atoms with van der Waals surface area (Å²) in [6, 6.07) is 4.66. The standard InChI is InChI=1S/C10H9ClN2O3/c11-8-2-1-6(3-9(8)13(15)16)7-4-10(14)12-5-7/h1-3,7H,4-5H2,(H,12,14). The summed E-state index contributed by atoms with van der Waals surface area (Å²) in [5, 5.41) is 13.5. The Kier molecular flexibility index (Phi) is 2.78. The molecule has 1 fully saturated rings. The number of amides is 1. The Morgan fingerprint density at radius 2 is 2.25 bits per heavy atom. The maximum Gasteiger partial charge on any atom is 0.288 e. The van der Waals surface area contributed by atoms with E-state index in [0.717, 1.165) is 5.56 Å². The van der Waals surface area contributed by atoms with Gasteiger partial charge in [-0.3, -0.25) is 14.9 Å². The summed E-state index contributed by atoms with van der Waals surface area (Å²) in [7, 11) is 0. The minimum absolute atomic E-state index is 0.00321. The fourth-order valence-electron chi connectivity index (χ4n) is 1.76. The fraction of sp³-hybridized carbons (Fsp3) is 0.300. The van der Waals surface area contributed by atoms with E-state index in [1.807, 2.05) is 0 Å². The molecule has 0 aliphatic carbocycles. The van der Waals surface area contributed by atoms with Gasteiger partial charge in [0.25, 0.3) is 5.69 Å². The van der Waals surface area contributed by atoms with Crippen LogP contribution in [0, 0.1) is 10.1 Å². The molecule has 1 amide bonds. The van der Waals surface area contributed by atoms with E-state index in [2.05, 4.69) is 5.32 Å². The van der Waals surface area contributed by atoms with Gasteiger partial charge in [0.1, 0.15) is 5.02 Å². The van der Waals surface area contributed by atoms with Crippen LogP contribution in [0.25, 0.3) is 0 Å². The van der Waals surface area contributed by atoms with Gasteiger partial charge in [-0.15, -0.1) is 0 Å². The van der Waals surface area contributed by atoms with Crippen molar-refractivity contribution in [2.45, 2.75) is 12.3 Å². The van der Waals surface area contributed by atoms with Crippen LogP contribution >= 0.6 is 11.6 Å². The van der Waals surface area contributed by atoms with Gasteiger partial charge in [-0.05, 0) is 11.6 Å². The predicted octanol–water partition coefficient (Wildman–Crippen LogP) is 1.85. The Labute approximate surface area is 96.6 Å². The Hall–Kier alpha value is -1.62. The molecule has 1 aromatic carbocycles. The first-order valence-electron chi connectivity index (χ1n) is 4.78. The van der Waals surface area contributed by atoms with E-state index in [9.17, 15) is 14.9 Å². The lowest BCUT2D eigenvalue weighted by atomic mass is 9.98. The van der Waals surface area contributed by atoms with Crippen LogP contribution in [0.5, 0.6) is 0 Å². The van der Waals surface area contributed by atoms with Gasteiger partial charge in [-0.2, -0.15) is 0 Å². The number of nitro groups is 1. The molecule has 1 saturated heterocycles. The summed E-state index contributed by atoms with van der Waals surface area (Å²) in [4.78, 5) is 21.2. The minimum Gasteiger partial charge on any atom is -0.355 e. The first-order valence-corrected chi connectivity index (χ1v) is 5.16. The van der Waals surface area contributed by atoms with Crippen LogP contribution in [-0.4, -0.2) is 17.4 Å². The number of carbonyl (C=O) groups excluding carboxylic acids is 1. The zero-order chi connectivity index (χ0) is 11.7. The molecule has 0 spiro atoms. The van der Waals surface area contributed by atoms with Gasteiger partial charge in [0.15, 0.2) is 0 Å². The van der Waals surface area contributed by atoms with Crippen LogP contribution in [0.15, 0.2) is 18.2 Å². The highest BCUT2D eigenvalue weighted by molar-refractivity contribution is 6.32. The highest BCUT2D eigenvalue weighted by atomic mass is 35.5. The van der Waals surface area contributed by atoms with Gasteiger partial charge in [-0.25, -0.2) is 0 Å². The molecule has 2 rings (SSSR count). The van der Waals surface area contributed by atoms with Gasteiger partial charge in [0.2, 0.25) is 5.91 Å². The van der Waals surface area contributed by atoms with E-state index in [0.29, 0.717) is 13.0 Å². The average Bonchev–Trinajstić information content (AvgIpc) is 2.65. The Morgan fingerprint density at radius 3 is 2.81 bits per heavy atom. The molecule has 1 aliphatic heterocycles. The molecule has 6 heteroatoms. The number of hydrogen-bond acceptors (Lipinski definition) is 3. The maximum absolute atomic E-state index is 11.0. The zero-order valence-electron chi connectivity index (χ0n) is 8.27. The number of nitrogens with one attached hydrogen (secondary N) is 1. The summed E-state index contributed by atoms with van der Waals surface area (Å²) in [5.74, 6) is -0.0222. The van der Waals surface area contributed by atoms with Crippen molar-refractivity contribution < 1.29 is 9.72 Å². The van der Waals surface area contributed by atoms with Crippen molar-refractivity contribution >= 4 is 23.2 Å². The second-order valence-corrected chi connectivity index (χ2v) is 4.08. The molecule has 1 unspecified atom stereocenters. The van der Waals surface area contributed by atoms with E-state index in [1.165, 1.54) is 12.1 Å². The lowest BCUT2D eigenvalue weighted by molar-refractivity contribution is -0.384. The number of rotatable bonds is 2. The molecule has 0 aromatic heterocycles. The Morgan fingerprint density at radius 1 is 1.50 bits per heavy atom.